The molecule has 1 aliphatic heterocycles. The van der Waals surface area contributed by atoms with Gasteiger partial charge in [-0.1, -0.05) is 0 Å². The van der Waals surface area contributed by atoms with Gasteiger partial charge in [0.1, 0.15) is 0 Å². The summed E-state index contributed by atoms with van der Waals surface area (Å²) in [6, 6.07) is -1.87. The van der Waals surface area contributed by atoms with Crippen molar-refractivity contribution in [2.75, 3.05) is 20.1 Å². The summed E-state index contributed by atoms with van der Waals surface area (Å²) in [5.41, 5.74) is 0. The van der Waals surface area contributed by atoms with Gasteiger partial charge >= 0.3 is 12.0 Å². The van der Waals surface area contributed by atoms with Crippen molar-refractivity contribution in [2.45, 2.75) is 31.9 Å². The van der Waals surface area contributed by atoms with Crippen LogP contribution in [0.5, 0.6) is 0 Å². The molecule has 0 unspecified atom stereocenters. The highest BCUT2D eigenvalue weighted by atomic mass is 16.4. The second-order valence-corrected chi connectivity index (χ2v) is 4.88. The number of rotatable bonds is 4. The average Bonchev–Trinajstić information content (AvgIpc) is 2.43. The summed E-state index contributed by atoms with van der Waals surface area (Å²) >= 11 is 0. The maximum Gasteiger partial charge on any atom is 0.328 e. The van der Waals surface area contributed by atoms with E-state index in [2.05, 4.69) is 10.6 Å². The van der Waals surface area contributed by atoms with Crippen LogP contribution in [0.3, 0.4) is 0 Å². The number of hydrogen-bond donors (Lipinski definition) is 4. The van der Waals surface area contributed by atoms with Gasteiger partial charge in [-0.15, -0.1) is 0 Å². The number of carboxylic acids is 1. The summed E-state index contributed by atoms with van der Waals surface area (Å²) in [5, 5.41) is 23.1. The number of carbonyl (C=O) groups is 3. The Balaban J connectivity index is 2.50. The minimum absolute atomic E-state index is 0.0440. The molecule has 0 aromatic rings. The quantitative estimate of drug-likeness (QED) is 0.528. The van der Waals surface area contributed by atoms with E-state index in [1.165, 1.54) is 11.8 Å². The standard InChI is InChI=1S/C12H21N3O5/c1-7(16)9(11(18)19)14-12(20)15-5-3-8(4-6-15)10(17)13-2/h7-9,16H,3-6H2,1-2H3,(H,13,17)(H,14,20)(H,18,19)/t7-,9+/m1/s1. The van der Waals surface area contributed by atoms with Crippen molar-refractivity contribution in [3.05, 3.63) is 0 Å². The number of urea groups is 1. The Morgan fingerprint density at radius 2 is 1.80 bits per heavy atom. The van der Waals surface area contributed by atoms with Gasteiger partial charge in [0, 0.05) is 26.1 Å². The Bertz CT molecular complexity index is 377. The van der Waals surface area contributed by atoms with Gasteiger partial charge < -0.3 is 25.7 Å². The summed E-state index contributed by atoms with van der Waals surface area (Å²) in [6.07, 6.45) is -0.0983. The molecule has 0 aliphatic carbocycles. The Hall–Kier alpha value is -1.83. The second-order valence-electron chi connectivity index (χ2n) is 4.88. The molecule has 20 heavy (non-hydrogen) atoms. The highest BCUT2D eigenvalue weighted by molar-refractivity contribution is 5.83. The zero-order valence-electron chi connectivity index (χ0n) is 11.6. The van der Waals surface area contributed by atoms with Gasteiger partial charge in [0.05, 0.1) is 6.10 Å². The van der Waals surface area contributed by atoms with E-state index in [1.807, 2.05) is 0 Å². The molecule has 1 rings (SSSR count). The van der Waals surface area contributed by atoms with Gasteiger partial charge in [-0.2, -0.15) is 0 Å². The van der Waals surface area contributed by atoms with Crippen molar-refractivity contribution in [1.82, 2.24) is 15.5 Å². The van der Waals surface area contributed by atoms with E-state index >= 15 is 0 Å². The average molecular weight is 287 g/mol. The van der Waals surface area contributed by atoms with Crippen LogP contribution >= 0.6 is 0 Å². The Morgan fingerprint density at radius 1 is 1.25 bits per heavy atom. The summed E-state index contributed by atoms with van der Waals surface area (Å²) in [4.78, 5) is 35.7. The molecular weight excluding hydrogens is 266 g/mol. The zero-order valence-corrected chi connectivity index (χ0v) is 11.6. The maximum absolute atomic E-state index is 11.9. The molecular formula is C12H21N3O5. The van der Waals surface area contributed by atoms with Gasteiger partial charge in [0.15, 0.2) is 6.04 Å². The number of carboxylic acid groups (broad SMARTS) is 1. The molecule has 1 heterocycles. The number of aliphatic carboxylic acids is 1. The largest absolute Gasteiger partial charge is 0.480 e. The Labute approximate surface area is 117 Å². The maximum atomic E-state index is 11.9. The number of piperidine rings is 1. The lowest BCUT2D eigenvalue weighted by atomic mass is 9.96. The normalized spacial score (nSPS) is 19.1. The van der Waals surface area contributed by atoms with Gasteiger partial charge in [0.2, 0.25) is 5.91 Å². The van der Waals surface area contributed by atoms with Gasteiger partial charge in [-0.25, -0.2) is 9.59 Å². The van der Waals surface area contributed by atoms with Gasteiger partial charge in [-0.05, 0) is 19.8 Å². The fourth-order valence-electron chi connectivity index (χ4n) is 2.16. The van der Waals surface area contributed by atoms with E-state index < -0.39 is 24.1 Å². The first-order valence-electron chi connectivity index (χ1n) is 6.54. The summed E-state index contributed by atoms with van der Waals surface area (Å²) in [7, 11) is 1.57. The molecule has 2 atom stereocenters. The number of hydrogen-bond acceptors (Lipinski definition) is 4. The topological polar surface area (TPSA) is 119 Å². The minimum atomic E-state index is -1.33. The van der Waals surface area contributed by atoms with Crippen molar-refractivity contribution in [1.29, 1.82) is 0 Å². The van der Waals surface area contributed by atoms with Crippen LogP contribution in [-0.2, 0) is 9.59 Å². The number of aliphatic hydroxyl groups is 1. The lowest BCUT2D eigenvalue weighted by molar-refractivity contribution is -0.141. The van der Waals surface area contributed by atoms with Crippen molar-refractivity contribution >= 4 is 17.9 Å². The molecule has 0 spiro atoms. The van der Waals surface area contributed by atoms with E-state index in [9.17, 15) is 19.5 Å². The Morgan fingerprint density at radius 3 is 2.20 bits per heavy atom. The summed E-state index contributed by atoms with van der Waals surface area (Å²) < 4.78 is 0. The first kappa shape index (κ1) is 16.2. The highest BCUT2D eigenvalue weighted by Gasteiger charge is 2.30. The van der Waals surface area contributed by atoms with Crippen molar-refractivity contribution < 1.29 is 24.6 Å². The van der Waals surface area contributed by atoms with Crippen LogP contribution in [0.4, 0.5) is 4.79 Å². The molecule has 8 nitrogen and oxygen atoms in total. The molecule has 1 saturated heterocycles. The lowest BCUT2D eigenvalue weighted by Crippen LogP contribution is -2.54. The molecule has 0 aromatic heterocycles. The molecule has 0 bridgehead atoms. The third-order valence-corrected chi connectivity index (χ3v) is 3.43. The fraction of sp³-hybridized carbons (Fsp3) is 0.750. The van der Waals surface area contributed by atoms with Gasteiger partial charge in [0.25, 0.3) is 0 Å². The van der Waals surface area contributed by atoms with Crippen LogP contribution in [-0.4, -0.2) is 65.3 Å². The summed E-state index contributed by atoms with van der Waals surface area (Å²) in [6.45, 7) is 2.07. The molecule has 1 aliphatic rings. The smallest absolute Gasteiger partial charge is 0.328 e. The van der Waals surface area contributed by atoms with Crippen LogP contribution in [0.2, 0.25) is 0 Å². The van der Waals surface area contributed by atoms with Gasteiger partial charge in [-0.3, -0.25) is 4.79 Å². The number of amides is 3. The molecule has 4 N–H and O–H groups in total. The second kappa shape index (κ2) is 7.09. The molecule has 1 fully saturated rings. The van der Waals surface area contributed by atoms with E-state index in [4.69, 9.17) is 5.11 Å². The monoisotopic (exact) mass is 287 g/mol. The summed E-state index contributed by atoms with van der Waals surface area (Å²) in [5.74, 6) is -1.44. The molecule has 0 radical (unpaired) electrons. The van der Waals surface area contributed by atoms with E-state index in [0.717, 1.165) is 0 Å². The molecule has 114 valence electrons. The number of carbonyl (C=O) groups excluding carboxylic acids is 2. The Kier molecular flexibility index (Phi) is 5.75. The van der Waals surface area contributed by atoms with Crippen LogP contribution < -0.4 is 10.6 Å². The predicted octanol–water partition coefficient (Wildman–Crippen LogP) is -1.01. The first-order chi connectivity index (χ1) is 9.36. The molecule has 8 heteroatoms. The number of aliphatic hydroxyl groups excluding tert-OH is 1. The molecule has 3 amide bonds. The van der Waals surface area contributed by atoms with Crippen molar-refractivity contribution in [3.63, 3.8) is 0 Å². The minimum Gasteiger partial charge on any atom is -0.480 e. The van der Waals surface area contributed by atoms with Crippen LogP contribution in [0, 0.1) is 5.92 Å². The highest BCUT2D eigenvalue weighted by Crippen LogP contribution is 2.17. The third-order valence-electron chi connectivity index (χ3n) is 3.43. The van der Waals surface area contributed by atoms with Crippen molar-refractivity contribution in [2.24, 2.45) is 5.92 Å². The van der Waals surface area contributed by atoms with E-state index in [1.54, 1.807) is 7.05 Å². The first-order valence-corrected chi connectivity index (χ1v) is 6.54. The number of likely N-dealkylation sites (tertiary alicyclic amines) is 1. The van der Waals surface area contributed by atoms with Crippen molar-refractivity contribution in [3.8, 4) is 0 Å². The van der Waals surface area contributed by atoms with Crippen LogP contribution in [0.15, 0.2) is 0 Å². The van der Waals surface area contributed by atoms with E-state index in [0.29, 0.717) is 25.9 Å². The van der Waals surface area contributed by atoms with Crippen LogP contribution in [0.1, 0.15) is 19.8 Å². The number of nitrogens with one attached hydrogen (secondary N) is 2. The third kappa shape index (κ3) is 4.09. The number of nitrogens with zero attached hydrogens (tertiary/aromatic N) is 1. The molecule has 0 saturated carbocycles. The van der Waals surface area contributed by atoms with E-state index in [-0.39, 0.29) is 11.8 Å². The SMILES string of the molecule is CNC(=O)C1CCN(C(=O)N[C@H](C(=O)O)[C@@H](C)O)CC1. The fourth-order valence-corrected chi connectivity index (χ4v) is 2.16. The molecule has 0 aromatic carbocycles. The lowest BCUT2D eigenvalue weighted by Gasteiger charge is -2.32. The zero-order chi connectivity index (χ0) is 15.3. The predicted molar refractivity (Wildman–Crippen MR) is 70.0 cm³/mol. The van der Waals surface area contributed by atoms with Crippen LogP contribution in [0.25, 0.3) is 0 Å².